The van der Waals surface area contributed by atoms with Crippen molar-refractivity contribution in [3.8, 4) is 11.8 Å². The van der Waals surface area contributed by atoms with Crippen LogP contribution in [0.3, 0.4) is 0 Å². The number of rotatable bonds is 3. The van der Waals surface area contributed by atoms with E-state index in [1.807, 2.05) is 19.1 Å². The van der Waals surface area contributed by atoms with Crippen molar-refractivity contribution < 1.29 is 9.53 Å². The Bertz CT molecular complexity index is 426. The second-order valence-electron chi connectivity index (χ2n) is 3.16. The summed E-state index contributed by atoms with van der Waals surface area (Å²) in [4.78, 5) is 11.2. The van der Waals surface area contributed by atoms with Gasteiger partial charge in [-0.15, -0.1) is 0 Å². The molecule has 5 heteroatoms. The van der Waals surface area contributed by atoms with Crippen LogP contribution in [0.25, 0.3) is 0 Å². The van der Waals surface area contributed by atoms with Crippen LogP contribution >= 0.6 is 11.6 Å². The van der Waals surface area contributed by atoms with E-state index in [4.69, 9.17) is 21.6 Å². The number of nitrogens with zero attached hydrogens (tertiary/aromatic N) is 1. The zero-order chi connectivity index (χ0) is 12.0. The third-order valence-corrected chi connectivity index (χ3v) is 2.11. The Morgan fingerprint density at radius 3 is 3.06 bits per heavy atom. The van der Waals surface area contributed by atoms with E-state index in [2.05, 4.69) is 5.32 Å². The summed E-state index contributed by atoms with van der Waals surface area (Å²) in [5.74, 6) is 0.316. The number of carbonyl (C=O) groups excluding carboxylic acids is 1. The van der Waals surface area contributed by atoms with Crippen LogP contribution in [0.4, 0.5) is 4.79 Å². The molecular weight excluding hydrogens is 228 g/mol. The molecule has 1 N–H and O–H groups in total. The molecule has 0 saturated carbocycles. The quantitative estimate of drug-likeness (QED) is 0.824. The fourth-order valence-electron chi connectivity index (χ4n) is 1.05. The fourth-order valence-corrected chi connectivity index (χ4v) is 1.20. The minimum Gasteiger partial charge on any atom is -0.409 e. The lowest BCUT2D eigenvalue weighted by atomic mass is 10.2. The zero-order valence-electron chi connectivity index (χ0n) is 8.79. The van der Waals surface area contributed by atoms with Gasteiger partial charge in [0.1, 0.15) is 0 Å². The van der Waals surface area contributed by atoms with Crippen molar-refractivity contribution in [2.45, 2.75) is 13.3 Å². The van der Waals surface area contributed by atoms with Gasteiger partial charge < -0.3 is 10.1 Å². The number of hydrogen-bond acceptors (Lipinski definition) is 3. The summed E-state index contributed by atoms with van der Waals surface area (Å²) in [5, 5.41) is 11.1. The summed E-state index contributed by atoms with van der Waals surface area (Å²) in [6.45, 7) is 2.13. The second-order valence-corrected chi connectivity index (χ2v) is 3.57. The summed E-state index contributed by atoms with van der Waals surface area (Å²) in [6, 6.07) is 7.07. The SMILES string of the molecule is Cc1ccc(Cl)c(OC(=O)NCCC#N)c1. The highest BCUT2D eigenvalue weighted by atomic mass is 35.5. The van der Waals surface area contributed by atoms with Crippen molar-refractivity contribution in [1.29, 1.82) is 5.26 Å². The lowest BCUT2D eigenvalue weighted by Gasteiger charge is -2.07. The summed E-state index contributed by atoms with van der Waals surface area (Å²) in [6.07, 6.45) is -0.362. The minimum absolute atomic E-state index is 0.247. The molecule has 4 nitrogen and oxygen atoms in total. The number of amides is 1. The molecule has 0 bridgehead atoms. The first-order valence-electron chi connectivity index (χ1n) is 4.72. The Labute approximate surface area is 98.8 Å². The molecule has 0 radical (unpaired) electrons. The van der Waals surface area contributed by atoms with E-state index in [-0.39, 0.29) is 13.0 Å². The number of aryl methyl sites for hydroxylation is 1. The Kier molecular flexibility index (Phi) is 4.62. The molecule has 0 atom stereocenters. The van der Waals surface area contributed by atoms with Crippen molar-refractivity contribution in [3.63, 3.8) is 0 Å². The van der Waals surface area contributed by atoms with Gasteiger partial charge in [-0.3, -0.25) is 0 Å². The van der Waals surface area contributed by atoms with Crippen molar-refractivity contribution in [1.82, 2.24) is 5.32 Å². The van der Waals surface area contributed by atoms with Gasteiger partial charge in [-0.25, -0.2) is 4.79 Å². The van der Waals surface area contributed by atoms with Crippen LogP contribution in [0.1, 0.15) is 12.0 Å². The van der Waals surface area contributed by atoms with Crippen LogP contribution < -0.4 is 10.1 Å². The molecule has 0 aliphatic heterocycles. The van der Waals surface area contributed by atoms with Gasteiger partial charge >= 0.3 is 6.09 Å². The van der Waals surface area contributed by atoms with Crippen LogP contribution in [-0.4, -0.2) is 12.6 Å². The summed E-state index contributed by atoms with van der Waals surface area (Å²) >= 11 is 5.84. The molecule has 1 rings (SSSR count). The average Bonchev–Trinajstić information content (AvgIpc) is 2.24. The Balaban J connectivity index is 2.56. The highest BCUT2D eigenvalue weighted by Gasteiger charge is 2.07. The number of hydrogen-bond donors (Lipinski definition) is 1. The molecule has 0 aliphatic rings. The fraction of sp³-hybridized carbons (Fsp3) is 0.273. The topological polar surface area (TPSA) is 62.1 Å². The molecule has 1 aromatic carbocycles. The molecular formula is C11H11ClN2O2. The van der Waals surface area contributed by atoms with Gasteiger partial charge in [0.2, 0.25) is 0 Å². The summed E-state index contributed by atoms with van der Waals surface area (Å²) < 4.78 is 4.98. The first-order chi connectivity index (χ1) is 7.63. The van der Waals surface area contributed by atoms with Crippen LogP contribution in [0.15, 0.2) is 18.2 Å². The minimum atomic E-state index is -0.609. The average molecular weight is 239 g/mol. The highest BCUT2D eigenvalue weighted by Crippen LogP contribution is 2.25. The van der Waals surface area contributed by atoms with Crippen molar-refractivity contribution in [3.05, 3.63) is 28.8 Å². The third kappa shape index (κ3) is 3.79. The maximum atomic E-state index is 11.2. The number of nitriles is 1. The maximum Gasteiger partial charge on any atom is 0.412 e. The molecule has 16 heavy (non-hydrogen) atoms. The van der Waals surface area contributed by atoms with E-state index < -0.39 is 6.09 Å². The third-order valence-electron chi connectivity index (χ3n) is 1.80. The van der Waals surface area contributed by atoms with Crippen LogP contribution in [0.2, 0.25) is 5.02 Å². The van der Waals surface area contributed by atoms with Crippen molar-refractivity contribution in [2.75, 3.05) is 6.54 Å². The van der Waals surface area contributed by atoms with Gasteiger partial charge in [0.25, 0.3) is 0 Å². The highest BCUT2D eigenvalue weighted by molar-refractivity contribution is 6.32. The Morgan fingerprint density at radius 1 is 1.62 bits per heavy atom. The lowest BCUT2D eigenvalue weighted by molar-refractivity contribution is 0.201. The number of ether oxygens (including phenoxy) is 1. The van der Waals surface area contributed by atoms with Crippen LogP contribution in [0, 0.1) is 18.3 Å². The Hall–Kier alpha value is -1.73. The molecule has 0 fully saturated rings. The van der Waals surface area contributed by atoms with Gasteiger partial charge in [0, 0.05) is 6.54 Å². The molecule has 0 aliphatic carbocycles. The number of nitrogens with one attached hydrogen (secondary N) is 1. The first-order valence-corrected chi connectivity index (χ1v) is 5.10. The molecule has 0 heterocycles. The molecule has 1 amide bonds. The second kappa shape index (κ2) is 5.99. The molecule has 1 aromatic rings. The van der Waals surface area contributed by atoms with Gasteiger partial charge in [0.15, 0.2) is 5.75 Å². The first kappa shape index (κ1) is 12.3. The summed E-state index contributed by atoms with van der Waals surface area (Å²) in [5.41, 5.74) is 0.948. The molecule has 0 spiro atoms. The van der Waals surface area contributed by atoms with Crippen LogP contribution in [-0.2, 0) is 0 Å². The number of halogens is 1. The van der Waals surface area contributed by atoms with Gasteiger partial charge in [0.05, 0.1) is 17.5 Å². The molecule has 0 saturated heterocycles. The monoisotopic (exact) mass is 238 g/mol. The smallest absolute Gasteiger partial charge is 0.409 e. The van der Waals surface area contributed by atoms with E-state index >= 15 is 0 Å². The predicted molar refractivity (Wildman–Crippen MR) is 60.4 cm³/mol. The number of benzene rings is 1. The Morgan fingerprint density at radius 2 is 2.38 bits per heavy atom. The van der Waals surface area contributed by atoms with E-state index in [9.17, 15) is 4.79 Å². The molecule has 0 aromatic heterocycles. The largest absolute Gasteiger partial charge is 0.412 e. The predicted octanol–water partition coefficient (Wildman–Crippen LogP) is 2.65. The van der Waals surface area contributed by atoms with Crippen LogP contribution in [0.5, 0.6) is 5.75 Å². The van der Waals surface area contributed by atoms with Gasteiger partial charge in [-0.05, 0) is 24.6 Å². The van der Waals surface area contributed by atoms with E-state index in [0.29, 0.717) is 10.8 Å². The normalized spacial score (nSPS) is 9.31. The van der Waals surface area contributed by atoms with E-state index in [0.717, 1.165) is 5.56 Å². The van der Waals surface area contributed by atoms with Gasteiger partial charge in [-0.2, -0.15) is 5.26 Å². The van der Waals surface area contributed by atoms with Gasteiger partial charge in [-0.1, -0.05) is 17.7 Å². The van der Waals surface area contributed by atoms with E-state index in [1.165, 1.54) is 0 Å². The summed E-state index contributed by atoms with van der Waals surface area (Å²) in [7, 11) is 0. The number of carbonyl (C=O) groups is 1. The van der Waals surface area contributed by atoms with E-state index in [1.54, 1.807) is 12.1 Å². The van der Waals surface area contributed by atoms with Crippen molar-refractivity contribution >= 4 is 17.7 Å². The standard InChI is InChI=1S/C11H11ClN2O2/c1-8-3-4-9(12)10(7-8)16-11(15)14-6-2-5-13/h3-4,7H,2,6H2,1H3,(H,14,15). The lowest BCUT2D eigenvalue weighted by Crippen LogP contribution is -2.27. The zero-order valence-corrected chi connectivity index (χ0v) is 9.54. The van der Waals surface area contributed by atoms with Crippen molar-refractivity contribution in [2.24, 2.45) is 0 Å². The molecule has 0 unspecified atom stereocenters. The maximum absolute atomic E-state index is 11.2. The molecule has 84 valence electrons.